The molecule has 2 amide bonds. The van der Waals surface area contributed by atoms with Crippen molar-refractivity contribution in [1.82, 2.24) is 10.7 Å². The monoisotopic (exact) mass is 404 g/mol. The van der Waals surface area contributed by atoms with Gasteiger partial charge in [0, 0.05) is 17.2 Å². The van der Waals surface area contributed by atoms with Crippen LogP contribution in [0.5, 0.6) is 5.75 Å². The Morgan fingerprint density at radius 3 is 2.54 bits per heavy atom. The van der Waals surface area contributed by atoms with Gasteiger partial charge in [-0.15, -0.1) is 0 Å². The van der Waals surface area contributed by atoms with Gasteiger partial charge >= 0.3 is 0 Å². The van der Waals surface area contributed by atoms with Gasteiger partial charge in [0.1, 0.15) is 16.8 Å². The zero-order valence-electron chi connectivity index (χ0n) is 15.0. The van der Waals surface area contributed by atoms with Crippen molar-refractivity contribution in [3.63, 3.8) is 0 Å². The van der Waals surface area contributed by atoms with Gasteiger partial charge in [-0.3, -0.25) is 19.7 Å². The lowest BCUT2D eigenvalue weighted by atomic mass is 10.2. The zero-order valence-corrected chi connectivity index (χ0v) is 15.8. The summed E-state index contributed by atoms with van der Waals surface area (Å²) in [6, 6.07) is 9.67. The summed E-state index contributed by atoms with van der Waals surface area (Å²) < 4.78 is 5.02. The van der Waals surface area contributed by atoms with Crippen molar-refractivity contribution in [1.29, 1.82) is 0 Å². The predicted octanol–water partition coefficient (Wildman–Crippen LogP) is 2.53. The van der Waals surface area contributed by atoms with E-state index in [4.69, 9.17) is 16.3 Å². The van der Waals surface area contributed by atoms with Crippen molar-refractivity contribution in [3.05, 3.63) is 68.7 Å². The molecule has 0 aromatic heterocycles. The molecule has 0 radical (unpaired) electrons. The van der Waals surface area contributed by atoms with Gasteiger partial charge in [-0.1, -0.05) is 17.7 Å². The number of amides is 2. The molecule has 9 nitrogen and oxygen atoms in total. The SMILES string of the molecule is COc1ccc(C(=O)NC(C)C(=O)NN=Cc2ccc(Cl)c([N+](=O)[O-])c2)cc1. The number of ether oxygens (including phenoxy) is 1. The molecule has 0 spiro atoms. The lowest BCUT2D eigenvalue weighted by Gasteiger charge is -2.12. The summed E-state index contributed by atoms with van der Waals surface area (Å²) in [6.07, 6.45) is 1.24. The molecule has 0 aliphatic heterocycles. The second kappa shape index (κ2) is 9.47. The number of carbonyl (C=O) groups is 2. The number of hydrogen-bond donors (Lipinski definition) is 2. The van der Waals surface area contributed by atoms with Crippen molar-refractivity contribution in [2.75, 3.05) is 7.11 Å². The van der Waals surface area contributed by atoms with Crippen LogP contribution in [0.4, 0.5) is 5.69 Å². The molecule has 0 aliphatic rings. The molecule has 0 saturated carbocycles. The van der Waals surface area contributed by atoms with Gasteiger partial charge in [0.2, 0.25) is 0 Å². The molecule has 10 heteroatoms. The fourth-order valence-electron chi connectivity index (χ4n) is 2.11. The molecule has 28 heavy (non-hydrogen) atoms. The van der Waals surface area contributed by atoms with Crippen LogP contribution in [0.15, 0.2) is 47.6 Å². The lowest BCUT2D eigenvalue weighted by molar-refractivity contribution is -0.384. The van der Waals surface area contributed by atoms with Crippen LogP contribution in [-0.2, 0) is 4.79 Å². The molecular weight excluding hydrogens is 388 g/mol. The average molecular weight is 405 g/mol. The topological polar surface area (TPSA) is 123 Å². The number of benzene rings is 2. The van der Waals surface area contributed by atoms with Crippen molar-refractivity contribution < 1.29 is 19.2 Å². The zero-order chi connectivity index (χ0) is 20.7. The molecule has 2 N–H and O–H groups in total. The number of rotatable bonds is 7. The van der Waals surface area contributed by atoms with Crippen LogP contribution in [0.3, 0.4) is 0 Å². The first-order chi connectivity index (χ1) is 13.3. The molecular formula is C18H17ClN4O5. The Morgan fingerprint density at radius 2 is 1.93 bits per heavy atom. The first-order valence-corrected chi connectivity index (χ1v) is 8.41. The second-order valence-corrected chi connectivity index (χ2v) is 6.03. The number of halogens is 1. The molecule has 2 rings (SSSR count). The van der Waals surface area contributed by atoms with Gasteiger partial charge in [0.15, 0.2) is 0 Å². The van der Waals surface area contributed by atoms with E-state index >= 15 is 0 Å². The summed E-state index contributed by atoms with van der Waals surface area (Å²) in [6.45, 7) is 1.50. The highest BCUT2D eigenvalue weighted by molar-refractivity contribution is 6.32. The molecule has 0 saturated heterocycles. The highest BCUT2D eigenvalue weighted by Gasteiger charge is 2.16. The maximum Gasteiger partial charge on any atom is 0.288 e. The number of methoxy groups -OCH3 is 1. The quantitative estimate of drug-likeness (QED) is 0.417. The van der Waals surface area contributed by atoms with Gasteiger partial charge in [0.05, 0.1) is 18.2 Å². The van der Waals surface area contributed by atoms with Crippen LogP contribution >= 0.6 is 11.6 Å². The van der Waals surface area contributed by atoms with E-state index in [1.807, 2.05) is 0 Å². The number of nitro benzene ring substituents is 1. The third-order valence-corrected chi connectivity index (χ3v) is 3.97. The minimum Gasteiger partial charge on any atom is -0.497 e. The molecule has 1 unspecified atom stereocenters. The van der Waals surface area contributed by atoms with Gasteiger partial charge in [-0.25, -0.2) is 5.43 Å². The van der Waals surface area contributed by atoms with E-state index in [1.54, 1.807) is 24.3 Å². The fraction of sp³-hybridized carbons (Fsp3) is 0.167. The van der Waals surface area contributed by atoms with Crippen molar-refractivity contribution in [2.45, 2.75) is 13.0 Å². The first kappa shape index (κ1) is 20.8. The minimum atomic E-state index is -0.855. The van der Waals surface area contributed by atoms with Crippen molar-refractivity contribution in [2.24, 2.45) is 5.10 Å². The number of nitrogens with zero attached hydrogens (tertiary/aromatic N) is 2. The normalized spacial score (nSPS) is 11.7. The van der Waals surface area contributed by atoms with Gasteiger partial charge < -0.3 is 10.1 Å². The molecule has 0 fully saturated rings. The highest BCUT2D eigenvalue weighted by atomic mass is 35.5. The van der Waals surface area contributed by atoms with E-state index < -0.39 is 22.8 Å². The number of carbonyl (C=O) groups excluding carboxylic acids is 2. The van der Waals surface area contributed by atoms with E-state index in [0.717, 1.165) is 0 Å². The Labute approximate surface area is 165 Å². The number of nitro groups is 1. The minimum absolute atomic E-state index is 0.000974. The number of nitrogens with one attached hydrogen (secondary N) is 2. The van der Waals surface area contributed by atoms with Crippen LogP contribution in [0.2, 0.25) is 5.02 Å². The van der Waals surface area contributed by atoms with E-state index in [9.17, 15) is 19.7 Å². The summed E-state index contributed by atoms with van der Waals surface area (Å²) in [5, 5.41) is 17.1. The van der Waals surface area contributed by atoms with E-state index in [-0.39, 0.29) is 10.7 Å². The third kappa shape index (κ3) is 5.52. The van der Waals surface area contributed by atoms with Crippen molar-refractivity contribution >= 4 is 35.3 Å². The largest absolute Gasteiger partial charge is 0.497 e. The Bertz CT molecular complexity index is 915. The van der Waals surface area contributed by atoms with Gasteiger partial charge in [-0.05, 0) is 37.3 Å². The van der Waals surface area contributed by atoms with E-state index in [0.29, 0.717) is 16.9 Å². The molecule has 1 atom stereocenters. The van der Waals surface area contributed by atoms with Gasteiger partial charge in [0.25, 0.3) is 17.5 Å². The summed E-state index contributed by atoms with van der Waals surface area (Å²) >= 11 is 5.73. The van der Waals surface area contributed by atoms with Crippen LogP contribution < -0.4 is 15.5 Å². The Hall–Kier alpha value is -3.46. The van der Waals surface area contributed by atoms with Crippen molar-refractivity contribution in [3.8, 4) is 5.75 Å². The second-order valence-electron chi connectivity index (χ2n) is 5.63. The average Bonchev–Trinajstić information content (AvgIpc) is 2.68. The maximum absolute atomic E-state index is 12.1. The lowest BCUT2D eigenvalue weighted by Crippen LogP contribution is -2.43. The maximum atomic E-state index is 12.1. The van der Waals surface area contributed by atoms with E-state index in [1.165, 1.54) is 38.4 Å². The smallest absolute Gasteiger partial charge is 0.288 e. The van der Waals surface area contributed by atoms with Gasteiger partial charge in [-0.2, -0.15) is 5.10 Å². The van der Waals surface area contributed by atoms with E-state index in [2.05, 4.69) is 15.8 Å². The summed E-state index contributed by atoms with van der Waals surface area (Å²) in [5.41, 5.74) is 2.75. The highest BCUT2D eigenvalue weighted by Crippen LogP contribution is 2.24. The molecule has 146 valence electrons. The fourth-order valence-corrected chi connectivity index (χ4v) is 2.29. The molecule has 0 bridgehead atoms. The molecule has 0 aliphatic carbocycles. The van der Waals surface area contributed by atoms with Crippen LogP contribution in [0.1, 0.15) is 22.8 Å². The van der Waals surface area contributed by atoms with Crippen LogP contribution in [0.25, 0.3) is 0 Å². The Morgan fingerprint density at radius 1 is 1.25 bits per heavy atom. The third-order valence-electron chi connectivity index (χ3n) is 3.65. The number of hydrazone groups is 1. The summed E-state index contributed by atoms with van der Waals surface area (Å²) in [7, 11) is 1.52. The number of hydrogen-bond acceptors (Lipinski definition) is 6. The summed E-state index contributed by atoms with van der Waals surface area (Å²) in [5.74, 6) is -0.372. The molecule has 2 aromatic carbocycles. The predicted molar refractivity (Wildman–Crippen MR) is 104 cm³/mol. The summed E-state index contributed by atoms with van der Waals surface area (Å²) in [4.78, 5) is 34.4. The van der Waals surface area contributed by atoms with Crippen LogP contribution in [0, 0.1) is 10.1 Å². The molecule has 0 heterocycles. The first-order valence-electron chi connectivity index (χ1n) is 8.03. The van der Waals surface area contributed by atoms with Crippen LogP contribution in [-0.4, -0.2) is 36.1 Å². The molecule has 2 aromatic rings. The Kier molecular flexibility index (Phi) is 7.05. The standard InChI is InChI=1S/C18H17ClN4O5/c1-11(21-18(25)13-4-6-14(28-2)7-5-13)17(24)22-20-10-12-3-8-15(19)16(9-12)23(26)27/h3-11H,1-2H3,(H,21,25)(H,22,24). The Balaban J connectivity index is 1.93.